The second kappa shape index (κ2) is 8.63. The van der Waals surface area contributed by atoms with E-state index in [0.717, 1.165) is 18.7 Å². The number of nitrogens with one attached hydrogen (secondary N) is 3. The van der Waals surface area contributed by atoms with E-state index in [9.17, 15) is 13.2 Å². The number of anilines is 1. The van der Waals surface area contributed by atoms with E-state index < -0.39 is 10.0 Å². The average molecular weight is 313 g/mol. The van der Waals surface area contributed by atoms with Gasteiger partial charge < -0.3 is 10.6 Å². The van der Waals surface area contributed by atoms with Crippen LogP contribution in [0.2, 0.25) is 0 Å². The molecule has 0 aliphatic heterocycles. The number of sulfonamides is 1. The Hall–Kier alpha value is -1.60. The zero-order chi connectivity index (χ0) is 15.7. The molecule has 0 saturated heterocycles. The van der Waals surface area contributed by atoms with E-state index in [-0.39, 0.29) is 23.8 Å². The molecule has 0 bridgehead atoms. The summed E-state index contributed by atoms with van der Waals surface area (Å²) in [6.07, 6.45) is 1.13. The van der Waals surface area contributed by atoms with Gasteiger partial charge in [-0.3, -0.25) is 4.79 Å². The van der Waals surface area contributed by atoms with Crippen LogP contribution in [0.4, 0.5) is 5.69 Å². The summed E-state index contributed by atoms with van der Waals surface area (Å²) in [5.41, 5.74) is 0.887. The second-order valence-corrected chi connectivity index (χ2v) is 6.32. The van der Waals surface area contributed by atoms with Crippen LogP contribution >= 0.6 is 0 Å². The first-order valence-electron chi connectivity index (χ1n) is 7.10. The minimum absolute atomic E-state index is 0.0873. The molecule has 0 unspecified atom stereocenters. The lowest BCUT2D eigenvalue weighted by atomic mass is 10.3. The molecule has 1 aromatic rings. The highest BCUT2D eigenvalue weighted by Gasteiger charge is 2.13. The molecule has 3 N–H and O–H groups in total. The molecular weight excluding hydrogens is 290 g/mol. The Balaban J connectivity index is 2.55. The van der Waals surface area contributed by atoms with Crippen LogP contribution in [-0.2, 0) is 14.8 Å². The molecular formula is C14H23N3O3S. The molecule has 0 aliphatic carbocycles. The van der Waals surface area contributed by atoms with Gasteiger partial charge in [0.25, 0.3) is 0 Å². The summed E-state index contributed by atoms with van der Waals surface area (Å²) in [4.78, 5) is 11.5. The Morgan fingerprint density at radius 2 is 1.76 bits per heavy atom. The standard InChI is InChI=1S/C14H23N3O3S/c1-3-10-16-12-5-7-13(8-6-12)21(19,20)17-11-9-14(18)15-4-2/h5-8,16-17H,3-4,9-11H2,1-2H3,(H,15,18). The van der Waals surface area contributed by atoms with Crippen LogP contribution in [0.25, 0.3) is 0 Å². The summed E-state index contributed by atoms with van der Waals surface area (Å²) in [7, 11) is -3.57. The fourth-order valence-corrected chi connectivity index (χ4v) is 2.72. The first-order valence-corrected chi connectivity index (χ1v) is 8.58. The smallest absolute Gasteiger partial charge is 0.240 e. The van der Waals surface area contributed by atoms with E-state index >= 15 is 0 Å². The molecule has 0 heterocycles. The predicted octanol–water partition coefficient (Wildman–Crippen LogP) is 1.31. The molecule has 0 atom stereocenters. The second-order valence-electron chi connectivity index (χ2n) is 4.55. The Kier molecular flexibility index (Phi) is 7.18. The maximum atomic E-state index is 12.0. The van der Waals surface area contributed by atoms with Crippen molar-refractivity contribution in [2.24, 2.45) is 0 Å². The van der Waals surface area contributed by atoms with Crippen molar-refractivity contribution >= 4 is 21.6 Å². The van der Waals surface area contributed by atoms with Crippen molar-refractivity contribution in [2.75, 3.05) is 25.0 Å². The number of rotatable bonds is 9. The molecule has 1 rings (SSSR count). The number of hydrogen-bond donors (Lipinski definition) is 3. The largest absolute Gasteiger partial charge is 0.385 e. The lowest BCUT2D eigenvalue weighted by molar-refractivity contribution is -0.120. The topological polar surface area (TPSA) is 87.3 Å². The Morgan fingerprint density at radius 1 is 1.10 bits per heavy atom. The summed E-state index contributed by atoms with van der Waals surface area (Å²) in [6.45, 7) is 5.35. The third-order valence-corrected chi connectivity index (χ3v) is 4.24. The van der Waals surface area contributed by atoms with Crippen molar-refractivity contribution in [2.45, 2.75) is 31.6 Å². The molecule has 0 spiro atoms. The van der Waals surface area contributed by atoms with Crippen molar-refractivity contribution in [1.29, 1.82) is 0 Å². The van der Waals surface area contributed by atoms with Gasteiger partial charge in [-0.25, -0.2) is 13.1 Å². The van der Waals surface area contributed by atoms with E-state index in [0.29, 0.717) is 6.54 Å². The van der Waals surface area contributed by atoms with Gasteiger partial charge in [-0.05, 0) is 37.6 Å². The maximum Gasteiger partial charge on any atom is 0.240 e. The number of amides is 1. The lowest BCUT2D eigenvalue weighted by Gasteiger charge is -2.08. The fraction of sp³-hybridized carbons (Fsp3) is 0.500. The van der Waals surface area contributed by atoms with Crippen molar-refractivity contribution < 1.29 is 13.2 Å². The van der Waals surface area contributed by atoms with Crippen LogP contribution in [0.3, 0.4) is 0 Å². The van der Waals surface area contributed by atoms with Gasteiger partial charge in [0.15, 0.2) is 0 Å². The third kappa shape index (κ3) is 6.14. The Morgan fingerprint density at radius 3 is 2.33 bits per heavy atom. The van der Waals surface area contributed by atoms with Gasteiger partial charge in [0.1, 0.15) is 0 Å². The maximum absolute atomic E-state index is 12.0. The lowest BCUT2D eigenvalue weighted by Crippen LogP contribution is -2.30. The molecule has 0 saturated carbocycles. The van der Waals surface area contributed by atoms with Crippen LogP contribution in [-0.4, -0.2) is 34.0 Å². The van der Waals surface area contributed by atoms with Crippen LogP contribution < -0.4 is 15.4 Å². The SMILES string of the molecule is CCCNc1ccc(S(=O)(=O)NCCC(=O)NCC)cc1. The summed E-state index contributed by atoms with van der Waals surface area (Å²) < 4.78 is 26.5. The summed E-state index contributed by atoms with van der Waals surface area (Å²) in [5.74, 6) is -0.167. The minimum Gasteiger partial charge on any atom is -0.385 e. The van der Waals surface area contributed by atoms with Gasteiger partial charge in [0.2, 0.25) is 15.9 Å². The van der Waals surface area contributed by atoms with Gasteiger partial charge in [-0.15, -0.1) is 0 Å². The molecule has 1 aromatic carbocycles. The minimum atomic E-state index is -3.57. The monoisotopic (exact) mass is 313 g/mol. The molecule has 0 radical (unpaired) electrons. The van der Waals surface area contributed by atoms with E-state index in [1.54, 1.807) is 24.3 Å². The van der Waals surface area contributed by atoms with E-state index in [1.165, 1.54) is 0 Å². The van der Waals surface area contributed by atoms with E-state index in [1.807, 2.05) is 6.92 Å². The molecule has 7 heteroatoms. The Bertz CT molecular complexity index is 541. The molecule has 21 heavy (non-hydrogen) atoms. The summed E-state index contributed by atoms with van der Waals surface area (Å²) in [6, 6.07) is 6.56. The van der Waals surface area contributed by atoms with Crippen molar-refractivity contribution in [3.8, 4) is 0 Å². The van der Waals surface area contributed by atoms with Gasteiger partial charge in [-0.2, -0.15) is 0 Å². The van der Waals surface area contributed by atoms with Crippen molar-refractivity contribution in [1.82, 2.24) is 10.0 Å². The van der Waals surface area contributed by atoms with Gasteiger partial charge in [0, 0.05) is 31.7 Å². The fourth-order valence-electron chi connectivity index (χ4n) is 1.69. The average Bonchev–Trinajstić information content (AvgIpc) is 2.45. The number of carbonyl (C=O) groups is 1. The number of hydrogen-bond acceptors (Lipinski definition) is 4. The molecule has 0 aromatic heterocycles. The quantitative estimate of drug-likeness (QED) is 0.641. The zero-order valence-corrected chi connectivity index (χ0v) is 13.3. The third-order valence-electron chi connectivity index (χ3n) is 2.76. The van der Waals surface area contributed by atoms with Crippen molar-refractivity contribution in [3.05, 3.63) is 24.3 Å². The zero-order valence-electron chi connectivity index (χ0n) is 12.5. The first-order chi connectivity index (χ1) is 9.99. The normalized spacial score (nSPS) is 11.1. The van der Waals surface area contributed by atoms with Gasteiger partial charge in [-0.1, -0.05) is 6.92 Å². The number of carbonyl (C=O) groups excluding carboxylic acids is 1. The van der Waals surface area contributed by atoms with E-state index in [2.05, 4.69) is 22.3 Å². The van der Waals surface area contributed by atoms with Gasteiger partial charge in [0.05, 0.1) is 4.90 Å². The first kappa shape index (κ1) is 17.5. The highest BCUT2D eigenvalue weighted by molar-refractivity contribution is 7.89. The van der Waals surface area contributed by atoms with Crippen LogP contribution in [0.1, 0.15) is 26.7 Å². The molecule has 1 amide bonds. The number of benzene rings is 1. The molecule has 118 valence electrons. The van der Waals surface area contributed by atoms with Crippen LogP contribution in [0.15, 0.2) is 29.2 Å². The predicted molar refractivity (Wildman–Crippen MR) is 83.7 cm³/mol. The van der Waals surface area contributed by atoms with Crippen molar-refractivity contribution in [3.63, 3.8) is 0 Å². The Labute approximate surface area is 126 Å². The highest BCUT2D eigenvalue weighted by atomic mass is 32.2. The highest BCUT2D eigenvalue weighted by Crippen LogP contribution is 2.13. The molecule has 0 fully saturated rings. The summed E-state index contributed by atoms with van der Waals surface area (Å²) in [5, 5.41) is 5.79. The van der Waals surface area contributed by atoms with Crippen LogP contribution in [0, 0.1) is 0 Å². The molecule has 6 nitrogen and oxygen atoms in total. The summed E-state index contributed by atoms with van der Waals surface area (Å²) >= 11 is 0. The van der Waals surface area contributed by atoms with Crippen LogP contribution in [0.5, 0.6) is 0 Å². The van der Waals surface area contributed by atoms with E-state index in [4.69, 9.17) is 0 Å². The van der Waals surface area contributed by atoms with Gasteiger partial charge >= 0.3 is 0 Å². The molecule has 0 aliphatic rings.